The molecule has 3 N–H and O–H groups in total. The van der Waals surface area contributed by atoms with E-state index in [-0.39, 0.29) is 0 Å². The molecular formula is C10H15N7. The summed E-state index contributed by atoms with van der Waals surface area (Å²) >= 11 is 0. The number of hydrogen-bond acceptors (Lipinski definition) is 6. The molecule has 0 aliphatic carbocycles. The zero-order valence-electron chi connectivity index (χ0n) is 9.88. The molecule has 2 heterocycles. The molecule has 0 fully saturated rings. The van der Waals surface area contributed by atoms with Crippen LogP contribution in [0.2, 0.25) is 0 Å². The van der Waals surface area contributed by atoms with Crippen molar-refractivity contribution in [1.29, 1.82) is 0 Å². The molecule has 0 radical (unpaired) electrons. The van der Waals surface area contributed by atoms with Crippen LogP contribution in [0.3, 0.4) is 0 Å². The summed E-state index contributed by atoms with van der Waals surface area (Å²) in [5.41, 5.74) is 5.64. The molecular weight excluding hydrogens is 218 g/mol. The van der Waals surface area contributed by atoms with E-state index in [2.05, 4.69) is 25.5 Å². The summed E-state index contributed by atoms with van der Waals surface area (Å²) in [5.74, 6) is 2.66. The quantitative estimate of drug-likeness (QED) is 0.802. The van der Waals surface area contributed by atoms with Crippen LogP contribution in [0.1, 0.15) is 18.6 Å². The van der Waals surface area contributed by atoms with Crippen molar-refractivity contribution < 1.29 is 0 Å². The van der Waals surface area contributed by atoms with Crippen LogP contribution < -0.4 is 11.1 Å². The first kappa shape index (κ1) is 11.3. The highest BCUT2D eigenvalue weighted by atomic mass is 15.3. The number of aryl methyl sites for hydroxylation is 2. The Morgan fingerprint density at radius 2 is 2.24 bits per heavy atom. The normalized spacial score (nSPS) is 10.5. The average molecular weight is 233 g/mol. The third-order valence-electron chi connectivity index (χ3n) is 2.32. The van der Waals surface area contributed by atoms with Crippen LogP contribution >= 0.6 is 0 Å². The molecule has 2 aromatic rings. The van der Waals surface area contributed by atoms with Crippen LogP contribution in [0.4, 0.5) is 11.6 Å². The Morgan fingerprint density at radius 1 is 1.41 bits per heavy atom. The van der Waals surface area contributed by atoms with Crippen LogP contribution in [0.5, 0.6) is 0 Å². The molecule has 0 atom stereocenters. The smallest absolute Gasteiger partial charge is 0.152 e. The molecule has 7 nitrogen and oxygen atoms in total. The van der Waals surface area contributed by atoms with E-state index in [4.69, 9.17) is 5.73 Å². The van der Waals surface area contributed by atoms with Gasteiger partial charge in [0.1, 0.15) is 23.8 Å². The molecule has 17 heavy (non-hydrogen) atoms. The summed E-state index contributed by atoms with van der Waals surface area (Å²) < 4.78 is 1.96. The predicted molar refractivity (Wildman–Crippen MR) is 64.2 cm³/mol. The SMILES string of the molecule is CCn1cnnc1CNc1cc(N)nc(C)n1. The minimum Gasteiger partial charge on any atom is -0.384 e. The molecule has 0 saturated carbocycles. The first-order chi connectivity index (χ1) is 8.19. The van der Waals surface area contributed by atoms with Gasteiger partial charge in [-0.05, 0) is 13.8 Å². The Hall–Kier alpha value is -2.18. The van der Waals surface area contributed by atoms with Crippen LogP contribution in [-0.2, 0) is 13.1 Å². The zero-order valence-corrected chi connectivity index (χ0v) is 9.88. The van der Waals surface area contributed by atoms with Crippen LogP contribution in [0.15, 0.2) is 12.4 Å². The van der Waals surface area contributed by atoms with Gasteiger partial charge in [0.25, 0.3) is 0 Å². The highest BCUT2D eigenvalue weighted by Crippen LogP contribution is 2.08. The minimum absolute atomic E-state index is 0.456. The Labute approximate surface area is 99.1 Å². The van der Waals surface area contributed by atoms with E-state index < -0.39 is 0 Å². The second kappa shape index (κ2) is 4.77. The maximum Gasteiger partial charge on any atom is 0.152 e. The lowest BCUT2D eigenvalue weighted by atomic mass is 10.4. The number of nitrogens with two attached hydrogens (primary N) is 1. The minimum atomic E-state index is 0.456. The number of aromatic nitrogens is 5. The van der Waals surface area contributed by atoms with Crippen molar-refractivity contribution in [2.24, 2.45) is 0 Å². The molecule has 0 aliphatic heterocycles. The van der Waals surface area contributed by atoms with Crippen molar-refractivity contribution in [3.63, 3.8) is 0 Å². The number of nitrogens with one attached hydrogen (secondary N) is 1. The molecule has 0 amide bonds. The van der Waals surface area contributed by atoms with Gasteiger partial charge >= 0.3 is 0 Å². The van der Waals surface area contributed by atoms with E-state index in [0.717, 1.165) is 12.4 Å². The highest BCUT2D eigenvalue weighted by Gasteiger charge is 2.03. The van der Waals surface area contributed by atoms with Gasteiger partial charge in [-0.1, -0.05) is 0 Å². The van der Waals surface area contributed by atoms with E-state index in [1.807, 2.05) is 11.5 Å². The molecule has 0 spiro atoms. The average Bonchev–Trinajstić information content (AvgIpc) is 2.72. The summed E-state index contributed by atoms with van der Waals surface area (Å²) in [6.45, 7) is 5.24. The molecule has 2 aromatic heterocycles. The van der Waals surface area contributed by atoms with E-state index in [1.54, 1.807) is 19.3 Å². The van der Waals surface area contributed by atoms with E-state index in [1.165, 1.54) is 0 Å². The topological polar surface area (TPSA) is 94.5 Å². The Balaban J connectivity index is 2.07. The standard InChI is InChI=1S/C10H15N7/c1-3-17-6-13-16-10(17)5-12-9-4-8(11)14-7(2)15-9/h4,6H,3,5H2,1-2H3,(H3,11,12,14,15). The molecule has 7 heteroatoms. The summed E-state index contributed by atoms with van der Waals surface area (Å²) in [4.78, 5) is 8.24. The summed E-state index contributed by atoms with van der Waals surface area (Å²) in [5, 5.41) is 11.0. The van der Waals surface area contributed by atoms with Crippen molar-refractivity contribution in [3.8, 4) is 0 Å². The maximum absolute atomic E-state index is 5.64. The van der Waals surface area contributed by atoms with E-state index in [0.29, 0.717) is 24.0 Å². The number of hydrogen-bond donors (Lipinski definition) is 2. The number of rotatable bonds is 4. The van der Waals surface area contributed by atoms with Crippen molar-refractivity contribution in [3.05, 3.63) is 24.0 Å². The van der Waals surface area contributed by atoms with E-state index >= 15 is 0 Å². The fourth-order valence-corrected chi connectivity index (χ4v) is 1.53. The van der Waals surface area contributed by atoms with Gasteiger partial charge in [-0.2, -0.15) is 0 Å². The molecule has 0 bridgehead atoms. The molecule has 0 aliphatic rings. The predicted octanol–water partition coefficient (Wildman–Crippen LogP) is 0.591. The Bertz CT molecular complexity index is 485. The Morgan fingerprint density at radius 3 is 2.94 bits per heavy atom. The summed E-state index contributed by atoms with van der Waals surface area (Å²) in [6, 6.07) is 1.69. The third kappa shape index (κ3) is 2.68. The lowest BCUT2D eigenvalue weighted by Crippen LogP contribution is -2.09. The second-order valence-corrected chi connectivity index (χ2v) is 3.61. The van der Waals surface area contributed by atoms with Crippen molar-refractivity contribution >= 4 is 11.6 Å². The van der Waals surface area contributed by atoms with Crippen molar-refractivity contribution in [2.75, 3.05) is 11.1 Å². The lowest BCUT2D eigenvalue weighted by molar-refractivity contribution is 0.707. The number of nitrogens with zero attached hydrogens (tertiary/aromatic N) is 5. The van der Waals surface area contributed by atoms with Crippen LogP contribution in [0, 0.1) is 6.92 Å². The summed E-state index contributed by atoms with van der Waals surface area (Å²) in [6.07, 6.45) is 1.70. The largest absolute Gasteiger partial charge is 0.384 e. The fraction of sp³-hybridized carbons (Fsp3) is 0.400. The van der Waals surface area contributed by atoms with Crippen LogP contribution in [0.25, 0.3) is 0 Å². The van der Waals surface area contributed by atoms with Crippen LogP contribution in [-0.4, -0.2) is 24.7 Å². The van der Waals surface area contributed by atoms with Gasteiger partial charge in [0.05, 0.1) is 6.54 Å². The van der Waals surface area contributed by atoms with Gasteiger partial charge in [-0.25, -0.2) is 9.97 Å². The Kier molecular flexibility index (Phi) is 3.17. The van der Waals surface area contributed by atoms with Gasteiger partial charge in [0.15, 0.2) is 5.82 Å². The molecule has 90 valence electrons. The number of anilines is 2. The molecule has 0 saturated heterocycles. The van der Waals surface area contributed by atoms with Gasteiger partial charge < -0.3 is 15.6 Å². The van der Waals surface area contributed by atoms with Gasteiger partial charge in [-0.15, -0.1) is 10.2 Å². The first-order valence-electron chi connectivity index (χ1n) is 5.40. The molecule has 0 aromatic carbocycles. The van der Waals surface area contributed by atoms with Crippen molar-refractivity contribution in [1.82, 2.24) is 24.7 Å². The third-order valence-corrected chi connectivity index (χ3v) is 2.32. The van der Waals surface area contributed by atoms with Gasteiger partial charge in [-0.3, -0.25) is 0 Å². The second-order valence-electron chi connectivity index (χ2n) is 3.61. The fourth-order valence-electron chi connectivity index (χ4n) is 1.53. The number of nitrogen functional groups attached to an aromatic ring is 1. The van der Waals surface area contributed by atoms with Gasteiger partial charge in [0.2, 0.25) is 0 Å². The highest BCUT2D eigenvalue weighted by molar-refractivity contribution is 5.44. The maximum atomic E-state index is 5.64. The first-order valence-corrected chi connectivity index (χ1v) is 5.40. The van der Waals surface area contributed by atoms with Crippen molar-refractivity contribution in [2.45, 2.75) is 26.9 Å². The van der Waals surface area contributed by atoms with Gasteiger partial charge in [0, 0.05) is 12.6 Å². The monoisotopic (exact) mass is 233 g/mol. The molecule has 0 unspecified atom stereocenters. The van der Waals surface area contributed by atoms with E-state index in [9.17, 15) is 0 Å². The summed E-state index contributed by atoms with van der Waals surface area (Å²) in [7, 11) is 0. The lowest BCUT2D eigenvalue weighted by Gasteiger charge is -2.07. The molecule has 2 rings (SSSR count). The zero-order chi connectivity index (χ0) is 12.3.